The fraction of sp³-hybridized carbons (Fsp3) is 0.167. The van der Waals surface area contributed by atoms with E-state index in [0.29, 0.717) is 10.9 Å². The van der Waals surface area contributed by atoms with Gasteiger partial charge >= 0.3 is 0 Å². The van der Waals surface area contributed by atoms with Crippen molar-refractivity contribution < 1.29 is 4.79 Å². The van der Waals surface area contributed by atoms with E-state index < -0.39 is 0 Å². The number of rotatable bonds is 2. The summed E-state index contributed by atoms with van der Waals surface area (Å²) in [5.41, 5.74) is 1.51. The highest BCUT2D eigenvalue weighted by Crippen LogP contribution is 2.31. The van der Waals surface area contributed by atoms with Crippen molar-refractivity contribution in [2.75, 3.05) is 12.5 Å². The molecule has 2 heterocycles. The Labute approximate surface area is 167 Å². The van der Waals surface area contributed by atoms with Crippen molar-refractivity contribution in [3.05, 3.63) is 63.1 Å². The minimum Gasteiger partial charge on any atom is -0.298 e. The molecule has 0 saturated carbocycles. The first-order valence-electron chi connectivity index (χ1n) is 7.85. The van der Waals surface area contributed by atoms with Crippen molar-refractivity contribution in [1.29, 1.82) is 0 Å². The van der Waals surface area contributed by atoms with Crippen LogP contribution in [0, 0.1) is 0 Å². The highest BCUT2D eigenvalue weighted by Gasteiger charge is 2.34. The predicted octanol–water partition coefficient (Wildman–Crippen LogP) is 2.68. The summed E-state index contributed by atoms with van der Waals surface area (Å²) in [6, 6.07) is 14.0. The van der Waals surface area contributed by atoms with Crippen molar-refractivity contribution in [1.82, 2.24) is 10.3 Å². The molecule has 2 aliphatic rings. The van der Waals surface area contributed by atoms with Crippen LogP contribution in [0.3, 0.4) is 0 Å². The van der Waals surface area contributed by atoms with Gasteiger partial charge < -0.3 is 0 Å². The van der Waals surface area contributed by atoms with Crippen LogP contribution in [0.1, 0.15) is 11.7 Å². The van der Waals surface area contributed by atoms with E-state index in [2.05, 4.69) is 38.5 Å². The molecule has 1 N–H and O–H groups in total. The van der Waals surface area contributed by atoms with E-state index in [-0.39, 0.29) is 12.1 Å². The maximum absolute atomic E-state index is 12.8. The Hall–Kier alpha value is -1.77. The molecular weight excluding hydrogens is 432 g/mol. The highest BCUT2D eigenvalue weighted by atomic mass is 79.9. The quantitative estimate of drug-likeness (QED) is 0.720. The minimum absolute atomic E-state index is 0.163. The van der Waals surface area contributed by atoms with Gasteiger partial charge in [0.2, 0.25) is 0 Å². The number of hydrazone groups is 1. The second-order valence-electron chi connectivity index (χ2n) is 5.69. The van der Waals surface area contributed by atoms with Crippen molar-refractivity contribution in [2.45, 2.75) is 11.1 Å². The molecule has 1 atom stereocenters. The van der Waals surface area contributed by atoms with Gasteiger partial charge in [-0.2, -0.15) is 0 Å². The topological polar surface area (TPSA) is 57.1 Å². The van der Waals surface area contributed by atoms with Crippen LogP contribution >= 0.6 is 39.5 Å². The summed E-state index contributed by atoms with van der Waals surface area (Å²) in [6.45, 7) is 0. The monoisotopic (exact) mass is 446 g/mol. The maximum Gasteiger partial charge on any atom is 0.276 e. The number of halogens is 1. The number of hydrogen-bond donors (Lipinski definition) is 1. The molecular formula is C18H15BrN4OS2. The Bertz CT molecular complexity index is 1040. The largest absolute Gasteiger partial charge is 0.298 e. The number of benzene rings is 2. The highest BCUT2D eigenvalue weighted by molar-refractivity contribution is 9.10. The molecule has 0 radical (unpaired) electrons. The second-order valence-corrected chi connectivity index (χ2v) is 8.28. The van der Waals surface area contributed by atoms with Crippen LogP contribution in [0.5, 0.6) is 0 Å². The molecule has 0 fully saturated rings. The zero-order valence-corrected chi connectivity index (χ0v) is 17.3. The zero-order chi connectivity index (χ0) is 18.3. The average Bonchev–Trinajstić information content (AvgIpc) is 2.67. The normalized spacial score (nSPS) is 18.5. The van der Waals surface area contributed by atoms with Gasteiger partial charge in [0.05, 0.1) is 5.36 Å². The molecule has 0 aromatic heterocycles. The Morgan fingerprint density at radius 1 is 1.12 bits per heavy atom. The van der Waals surface area contributed by atoms with Gasteiger partial charge in [0.15, 0.2) is 11.3 Å². The number of amidine groups is 1. The Kier molecular flexibility index (Phi) is 4.81. The van der Waals surface area contributed by atoms with Crippen LogP contribution < -0.4 is 15.9 Å². The van der Waals surface area contributed by atoms with Gasteiger partial charge in [-0.25, -0.2) is 5.01 Å². The number of nitrogens with zero attached hydrogens (tertiary/aromatic N) is 3. The zero-order valence-electron chi connectivity index (χ0n) is 14.1. The smallest absolute Gasteiger partial charge is 0.276 e. The van der Waals surface area contributed by atoms with Gasteiger partial charge in [-0.15, -0.1) is 16.9 Å². The molecule has 4 rings (SSSR count). The second kappa shape index (κ2) is 7.09. The van der Waals surface area contributed by atoms with Gasteiger partial charge in [0.25, 0.3) is 5.91 Å². The number of carbonyl (C=O) groups excluding carboxylic acids is 1. The molecule has 26 heavy (non-hydrogen) atoms. The number of hydrogen-bond acceptors (Lipinski definition) is 6. The summed E-state index contributed by atoms with van der Waals surface area (Å²) in [5.74, 6) is -0.163. The Balaban J connectivity index is 1.95. The summed E-state index contributed by atoms with van der Waals surface area (Å²) in [5, 5.41) is 11.3. The fourth-order valence-corrected chi connectivity index (χ4v) is 4.07. The summed E-state index contributed by atoms with van der Waals surface area (Å²) < 4.78 is 0.897. The standard InChI is InChI=1S/C18H15BrN4OS2/c1-25-12-6-3-10(4-7-12)16-20-14-8-5-11(19)9-13(14)15-17(24)21-18(26-2)22-23(15)16/h3-9,16H,1-2H3,(H,21,22,24). The molecule has 2 aromatic rings. The first-order valence-corrected chi connectivity index (χ1v) is 11.1. The van der Waals surface area contributed by atoms with Gasteiger partial charge in [-0.05, 0) is 48.4 Å². The lowest BCUT2D eigenvalue weighted by molar-refractivity contribution is -0.116. The predicted molar refractivity (Wildman–Crippen MR) is 110 cm³/mol. The van der Waals surface area contributed by atoms with Crippen molar-refractivity contribution in [2.24, 2.45) is 10.1 Å². The molecule has 1 amide bonds. The van der Waals surface area contributed by atoms with Crippen LogP contribution in [-0.2, 0) is 4.79 Å². The van der Waals surface area contributed by atoms with Crippen LogP contribution in [0.15, 0.2) is 61.9 Å². The SMILES string of the molecule is CSC1=NN2C(=c3cc(Br)ccc3=NC2c2ccc(SC)cc2)C(=O)N1. The average molecular weight is 447 g/mol. The molecule has 0 bridgehead atoms. The fourth-order valence-electron chi connectivity index (χ4n) is 2.94. The van der Waals surface area contributed by atoms with E-state index in [0.717, 1.165) is 20.6 Å². The summed E-state index contributed by atoms with van der Waals surface area (Å²) in [7, 11) is 0. The van der Waals surface area contributed by atoms with Crippen LogP contribution in [-0.4, -0.2) is 28.6 Å². The lowest BCUT2D eigenvalue weighted by Gasteiger charge is -2.34. The van der Waals surface area contributed by atoms with Crippen LogP contribution in [0.25, 0.3) is 5.70 Å². The summed E-state index contributed by atoms with van der Waals surface area (Å²) in [4.78, 5) is 18.9. The van der Waals surface area contributed by atoms with Crippen molar-refractivity contribution in [3.8, 4) is 0 Å². The first-order chi connectivity index (χ1) is 12.6. The van der Waals surface area contributed by atoms with Gasteiger partial charge in [-0.1, -0.05) is 39.8 Å². The summed E-state index contributed by atoms with van der Waals surface area (Å²) >= 11 is 6.57. The van der Waals surface area contributed by atoms with E-state index in [9.17, 15) is 4.79 Å². The number of amides is 1. The molecule has 2 aromatic carbocycles. The van der Waals surface area contributed by atoms with Gasteiger partial charge in [0.1, 0.15) is 5.70 Å². The van der Waals surface area contributed by atoms with Crippen molar-refractivity contribution >= 4 is 56.2 Å². The molecule has 0 spiro atoms. The summed E-state index contributed by atoms with van der Waals surface area (Å²) in [6.07, 6.45) is 3.56. The number of carbonyl (C=O) groups is 1. The van der Waals surface area contributed by atoms with Crippen LogP contribution in [0.2, 0.25) is 0 Å². The molecule has 8 heteroatoms. The molecule has 5 nitrogen and oxygen atoms in total. The van der Waals surface area contributed by atoms with Gasteiger partial charge in [0, 0.05) is 14.6 Å². The number of nitrogens with one attached hydrogen (secondary N) is 1. The molecule has 132 valence electrons. The van der Waals surface area contributed by atoms with Crippen LogP contribution in [0.4, 0.5) is 0 Å². The van der Waals surface area contributed by atoms with Crippen molar-refractivity contribution in [3.63, 3.8) is 0 Å². The lowest BCUT2D eigenvalue weighted by atomic mass is 10.1. The Morgan fingerprint density at radius 2 is 1.88 bits per heavy atom. The third-order valence-corrected chi connectivity index (χ3v) is 5.98. The van der Waals surface area contributed by atoms with Gasteiger partial charge in [-0.3, -0.25) is 15.1 Å². The van der Waals surface area contributed by atoms with E-state index in [1.54, 1.807) is 16.8 Å². The first kappa shape index (κ1) is 17.6. The third-order valence-electron chi connectivity index (χ3n) is 4.18. The molecule has 0 saturated heterocycles. The molecule has 1 unspecified atom stereocenters. The number of fused-ring (bicyclic) bond motifs is 2. The lowest BCUT2D eigenvalue weighted by Crippen LogP contribution is -2.50. The third kappa shape index (κ3) is 3.06. The van der Waals surface area contributed by atoms with E-state index in [4.69, 9.17) is 4.99 Å². The Morgan fingerprint density at radius 3 is 2.58 bits per heavy atom. The van der Waals surface area contributed by atoms with E-state index in [1.807, 2.05) is 42.8 Å². The van der Waals surface area contributed by atoms with E-state index >= 15 is 0 Å². The minimum atomic E-state index is -0.372. The molecule has 2 aliphatic heterocycles. The molecule has 0 aliphatic carbocycles. The maximum atomic E-state index is 12.8. The van der Waals surface area contributed by atoms with E-state index in [1.165, 1.54) is 16.7 Å². The number of thioether (sulfide) groups is 2.